The van der Waals surface area contributed by atoms with Crippen LogP contribution in [0, 0.1) is 0 Å². The fourth-order valence-electron chi connectivity index (χ4n) is 5.76. The molecule has 0 saturated carbocycles. The summed E-state index contributed by atoms with van der Waals surface area (Å²) in [5.41, 5.74) is 0. The van der Waals surface area contributed by atoms with Gasteiger partial charge in [-0.15, -0.1) is 0 Å². The first-order valence-electron chi connectivity index (χ1n) is 18.8. The summed E-state index contributed by atoms with van der Waals surface area (Å²) in [6.07, 6.45) is 15.5. The van der Waals surface area contributed by atoms with Crippen LogP contribution in [-0.2, 0) is 43.0 Å². The molecule has 1 unspecified atom stereocenters. The van der Waals surface area contributed by atoms with E-state index < -0.39 is 81.0 Å². The number of carbonyl (C=O) groups is 7. The van der Waals surface area contributed by atoms with E-state index in [1.807, 2.05) is 0 Å². The first-order valence-corrected chi connectivity index (χ1v) is 18.8. The molecule has 0 aliphatic carbocycles. The number of esters is 2. The molecule has 0 aromatic heterocycles. The molecule has 17 heteroatoms. The van der Waals surface area contributed by atoms with Gasteiger partial charge in [0, 0.05) is 32.1 Å². The lowest BCUT2D eigenvalue weighted by Crippen LogP contribution is -2.51. The average Bonchev–Trinajstić information content (AvgIpc) is 3.05. The Morgan fingerprint density at radius 2 is 0.849 bits per heavy atom. The highest BCUT2D eigenvalue weighted by Gasteiger charge is 2.29. The van der Waals surface area contributed by atoms with E-state index in [0.29, 0.717) is 32.3 Å². The van der Waals surface area contributed by atoms with Crippen molar-refractivity contribution in [2.75, 3.05) is 65.6 Å². The maximum atomic E-state index is 12.8. The Hall–Kier alpha value is -3.83. The SMILES string of the molecule is CCCCCCCCCCCCOC(=O)CCCCCCCOC(=O)CC(CN(CCN(CC(=O)O)CC(=O)O)CC(=O)O)N(CC(=O)O)CC(=O)O. The second-order valence-electron chi connectivity index (χ2n) is 13.3. The average molecular weight is 762 g/mol. The van der Waals surface area contributed by atoms with Crippen molar-refractivity contribution < 1.29 is 68.6 Å². The van der Waals surface area contributed by atoms with Crippen LogP contribution < -0.4 is 0 Å². The van der Waals surface area contributed by atoms with E-state index in [-0.39, 0.29) is 32.2 Å². The van der Waals surface area contributed by atoms with E-state index in [0.717, 1.165) is 41.9 Å². The number of hydrogen-bond donors (Lipinski definition) is 5. The molecule has 0 fully saturated rings. The molecule has 17 nitrogen and oxygen atoms in total. The van der Waals surface area contributed by atoms with Gasteiger partial charge >= 0.3 is 41.8 Å². The Labute approximate surface area is 312 Å². The van der Waals surface area contributed by atoms with Gasteiger partial charge in [0.15, 0.2) is 0 Å². The molecule has 0 saturated heterocycles. The summed E-state index contributed by atoms with van der Waals surface area (Å²) >= 11 is 0. The van der Waals surface area contributed by atoms with Crippen molar-refractivity contribution >= 4 is 41.8 Å². The van der Waals surface area contributed by atoms with Gasteiger partial charge in [0.2, 0.25) is 0 Å². The molecule has 0 aliphatic heterocycles. The highest BCUT2D eigenvalue weighted by atomic mass is 16.5. The Kier molecular flexibility index (Phi) is 29.4. The van der Waals surface area contributed by atoms with Gasteiger partial charge in [0.25, 0.3) is 0 Å². The number of rotatable bonds is 37. The standard InChI is InChI=1S/C36H63N3O14/c1-2-3-4-5-6-7-8-9-12-15-20-52-35(50)17-14-11-10-13-16-21-53-36(51)22-29(39(27-33(46)47)28-34(48)49)23-37(24-30(40)41)18-19-38(25-31(42)43)26-32(44)45/h29H,2-28H2,1H3,(H,40,41)(H,42,43)(H,44,45)(H,46,47)(H,48,49). The predicted octanol–water partition coefficient (Wildman–Crippen LogP) is 3.42. The van der Waals surface area contributed by atoms with Crippen molar-refractivity contribution in [2.24, 2.45) is 0 Å². The van der Waals surface area contributed by atoms with E-state index in [9.17, 15) is 48.9 Å². The molecule has 0 amide bonds. The van der Waals surface area contributed by atoms with E-state index >= 15 is 0 Å². The minimum atomic E-state index is -1.38. The number of carboxylic acid groups (broad SMARTS) is 5. The minimum Gasteiger partial charge on any atom is -0.480 e. The number of aliphatic carboxylic acids is 5. The van der Waals surface area contributed by atoms with Crippen molar-refractivity contribution in [2.45, 2.75) is 122 Å². The largest absolute Gasteiger partial charge is 0.480 e. The summed E-state index contributed by atoms with van der Waals surface area (Å²) in [6, 6.07) is -1.12. The number of ether oxygens (including phenoxy) is 2. The van der Waals surface area contributed by atoms with E-state index in [1.165, 1.54) is 49.8 Å². The third-order valence-corrected chi connectivity index (χ3v) is 8.42. The second kappa shape index (κ2) is 31.7. The summed E-state index contributed by atoms with van der Waals surface area (Å²) in [7, 11) is 0. The summed E-state index contributed by atoms with van der Waals surface area (Å²) in [6.45, 7) is -1.44. The number of carboxylic acids is 5. The monoisotopic (exact) mass is 761 g/mol. The molecule has 0 heterocycles. The lowest BCUT2D eigenvalue weighted by atomic mass is 10.1. The smallest absolute Gasteiger partial charge is 0.317 e. The summed E-state index contributed by atoms with van der Waals surface area (Å²) in [5.74, 6) is -7.64. The molecule has 0 spiro atoms. The van der Waals surface area contributed by atoms with Crippen LogP contribution >= 0.6 is 0 Å². The number of nitrogens with zero attached hydrogens (tertiary/aromatic N) is 3. The molecule has 5 N–H and O–H groups in total. The Morgan fingerprint density at radius 1 is 0.472 bits per heavy atom. The maximum absolute atomic E-state index is 12.8. The third-order valence-electron chi connectivity index (χ3n) is 8.42. The zero-order chi connectivity index (χ0) is 39.9. The molecular weight excluding hydrogens is 698 g/mol. The minimum absolute atomic E-state index is 0.0441. The maximum Gasteiger partial charge on any atom is 0.317 e. The fraction of sp³-hybridized carbons (Fsp3) is 0.806. The highest BCUT2D eigenvalue weighted by molar-refractivity contribution is 5.74. The summed E-state index contributed by atoms with van der Waals surface area (Å²) in [4.78, 5) is 85.1. The molecule has 0 radical (unpaired) electrons. The van der Waals surface area contributed by atoms with Gasteiger partial charge in [-0.1, -0.05) is 84.0 Å². The first kappa shape index (κ1) is 49.2. The molecule has 1 atom stereocenters. The molecule has 0 bridgehead atoms. The molecule has 306 valence electrons. The van der Waals surface area contributed by atoms with Crippen LogP contribution in [0.4, 0.5) is 0 Å². The number of hydrogen-bond acceptors (Lipinski definition) is 12. The predicted molar refractivity (Wildman–Crippen MR) is 193 cm³/mol. The Bertz CT molecular complexity index is 1060. The highest BCUT2D eigenvalue weighted by Crippen LogP contribution is 2.13. The summed E-state index contributed by atoms with van der Waals surface area (Å²) in [5, 5.41) is 46.5. The lowest BCUT2D eigenvalue weighted by molar-refractivity contribution is -0.150. The van der Waals surface area contributed by atoms with E-state index in [2.05, 4.69) is 6.92 Å². The first-order chi connectivity index (χ1) is 25.2. The fourth-order valence-corrected chi connectivity index (χ4v) is 5.76. The van der Waals surface area contributed by atoms with E-state index in [4.69, 9.17) is 19.7 Å². The molecule has 53 heavy (non-hydrogen) atoms. The van der Waals surface area contributed by atoms with Crippen molar-refractivity contribution in [3.05, 3.63) is 0 Å². The normalized spacial score (nSPS) is 11.8. The van der Waals surface area contributed by atoms with E-state index in [1.54, 1.807) is 0 Å². The zero-order valence-corrected chi connectivity index (χ0v) is 31.4. The van der Waals surface area contributed by atoms with Crippen LogP contribution in [-0.4, -0.2) is 154 Å². The quantitative estimate of drug-likeness (QED) is 0.0449. The van der Waals surface area contributed by atoms with Gasteiger partial charge in [-0.25, -0.2) is 0 Å². The number of carbonyl (C=O) groups excluding carboxylic acids is 2. The van der Waals surface area contributed by atoms with Crippen LogP contribution in [0.15, 0.2) is 0 Å². The van der Waals surface area contributed by atoms with Gasteiger partial charge in [0.05, 0.1) is 52.4 Å². The van der Waals surface area contributed by atoms with Crippen molar-refractivity contribution in [1.82, 2.24) is 14.7 Å². The van der Waals surface area contributed by atoms with Crippen LogP contribution in [0.3, 0.4) is 0 Å². The van der Waals surface area contributed by atoms with Gasteiger partial charge in [-0.2, -0.15) is 0 Å². The second-order valence-corrected chi connectivity index (χ2v) is 13.3. The Balaban J connectivity index is 4.75. The molecule has 0 aromatic rings. The molecule has 0 rings (SSSR count). The number of unbranched alkanes of at least 4 members (excludes halogenated alkanes) is 13. The van der Waals surface area contributed by atoms with Crippen LogP contribution in [0.1, 0.15) is 116 Å². The molecule has 0 aliphatic rings. The third kappa shape index (κ3) is 31.4. The van der Waals surface area contributed by atoms with Crippen molar-refractivity contribution in [3.8, 4) is 0 Å². The van der Waals surface area contributed by atoms with Gasteiger partial charge in [-0.3, -0.25) is 48.3 Å². The van der Waals surface area contributed by atoms with Crippen LogP contribution in [0.25, 0.3) is 0 Å². The zero-order valence-electron chi connectivity index (χ0n) is 31.4. The molecule has 0 aromatic carbocycles. The lowest BCUT2D eigenvalue weighted by Gasteiger charge is -2.33. The summed E-state index contributed by atoms with van der Waals surface area (Å²) < 4.78 is 10.7. The van der Waals surface area contributed by atoms with Crippen molar-refractivity contribution in [3.63, 3.8) is 0 Å². The topological polar surface area (TPSA) is 249 Å². The van der Waals surface area contributed by atoms with Gasteiger partial charge < -0.3 is 35.0 Å². The molecular formula is C36H63N3O14. The van der Waals surface area contributed by atoms with Crippen molar-refractivity contribution in [1.29, 1.82) is 0 Å². The van der Waals surface area contributed by atoms with Crippen LogP contribution in [0.5, 0.6) is 0 Å². The Morgan fingerprint density at radius 3 is 1.30 bits per heavy atom. The van der Waals surface area contributed by atoms with Gasteiger partial charge in [-0.05, 0) is 19.3 Å². The van der Waals surface area contributed by atoms with Gasteiger partial charge in [0.1, 0.15) is 0 Å². The van der Waals surface area contributed by atoms with Crippen LogP contribution in [0.2, 0.25) is 0 Å².